The van der Waals surface area contributed by atoms with E-state index in [1.54, 1.807) is 0 Å². The predicted molar refractivity (Wildman–Crippen MR) is 86.7 cm³/mol. The van der Waals surface area contributed by atoms with Gasteiger partial charge < -0.3 is 10.4 Å². The number of nitrogens with one attached hydrogen (secondary N) is 1. The average Bonchev–Trinajstić information content (AvgIpc) is 2.52. The first-order valence-corrected chi connectivity index (χ1v) is 7.84. The lowest BCUT2D eigenvalue weighted by Gasteiger charge is -2.26. The molecule has 0 spiro atoms. The third kappa shape index (κ3) is 3.65. The van der Waals surface area contributed by atoms with Gasteiger partial charge in [0.05, 0.1) is 6.10 Å². The Bertz CT molecular complexity index is 614. The molecule has 1 aliphatic carbocycles. The predicted octanol–water partition coefficient (Wildman–Crippen LogP) is 3.52. The second kappa shape index (κ2) is 6.61. The van der Waals surface area contributed by atoms with Gasteiger partial charge in [0.25, 0.3) is 0 Å². The van der Waals surface area contributed by atoms with Crippen molar-refractivity contribution in [2.75, 3.05) is 6.54 Å². The van der Waals surface area contributed by atoms with Crippen LogP contribution in [0.25, 0.3) is 0 Å². The number of aliphatic hydroxyl groups is 1. The standard InChI is InChI=1S/C18H20ClNO/c19-16-7-3-6-15(10-16)18(21)12-20-17-9-8-13-4-1-2-5-14(13)11-17/h1-7,10,17-18,20-21H,8-9,11-12H2/t17?,18-/m0/s1. The van der Waals surface area contributed by atoms with Crippen molar-refractivity contribution in [3.8, 4) is 0 Å². The molecule has 0 heterocycles. The Labute approximate surface area is 130 Å². The van der Waals surface area contributed by atoms with E-state index in [4.69, 9.17) is 11.6 Å². The van der Waals surface area contributed by atoms with Crippen LogP contribution in [0.3, 0.4) is 0 Å². The van der Waals surface area contributed by atoms with Crippen molar-refractivity contribution in [2.45, 2.75) is 31.4 Å². The van der Waals surface area contributed by atoms with Gasteiger partial charge >= 0.3 is 0 Å². The normalized spacial score (nSPS) is 19.0. The van der Waals surface area contributed by atoms with Gasteiger partial charge in [0.15, 0.2) is 0 Å². The van der Waals surface area contributed by atoms with Gasteiger partial charge in [-0.1, -0.05) is 48.0 Å². The molecule has 2 nitrogen and oxygen atoms in total. The molecule has 1 aliphatic rings. The van der Waals surface area contributed by atoms with E-state index in [-0.39, 0.29) is 0 Å². The lowest BCUT2D eigenvalue weighted by atomic mass is 9.88. The molecule has 2 aromatic rings. The third-order valence-corrected chi connectivity index (χ3v) is 4.42. The van der Waals surface area contributed by atoms with Crippen LogP contribution in [0.15, 0.2) is 48.5 Å². The number of benzene rings is 2. The van der Waals surface area contributed by atoms with Gasteiger partial charge in [-0.15, -0.1) is 0 Å². The first-order chi connectivity index (χ1) is 10.2. The summed E-state index contributed by atoms with van der Waals surface area (Å²) in [5.74, 6) is 0. The molecule has 0 fully saturated rings. The van der Waals surface area contributed by atoms with E-state index >= 15 is 0 Å². The number of halogens is 1. The number of aryl methyl sites for hydroxylation is 1. The maximum absolute atomic E-state index is 10.2. The Balaban J connectivity index is 1.57. The van der Waals surface area contributed by atoms with E-state index in [0.717, 1.165) is 24.8 Å². The van der Waals surface area contributed by atoms with Gasteiger partial charge in [-0.3, -0.25) is 0 Å². The van der Waals surface area contributed by atoms with Crippen molar-refractivity contribution in [3.63, 3.8) is 0 Å². The summed E-state index contributed by atoms with van der Waals surface area (Å²) in [7, 11) is 0. The molecular weight excluding hydrogens is 282 g/mol. The zero-order chi connectivity index (χ0) is 14.7. The van der Waals surface area contributed by atoms with Crippen molar-refractivity contribution in [1.82, 2.24) is 5.32 Å². The summed E-state index contributed by atoms with van der Waals surface area (Å²) in [5.41, 5.74) is 3.76. The molecule has 0 radical (unpaired) electrons. The molecule has 3 rings (SSSR count). The van der Waals surface area contributed by atoms with E-state index in [2.05, 4.69) is 29.6 Å². The summed E-state index contributed by atoms with van der Waals surface area (Å²) in [5, 5.41) is 14.4. The minimum Gasteiger partial charge on any atom is -0.387 e. The molecule has 0 saturated carbocycles. The first-order valence-electron chi connectivity index (χ1n) is 7.46. The summed E-state index contributed by atoms with van der Waals surface area (Å²) in [6.45, 7) is 0.563. The SMILES string of the molecule is O[C@@H](CNC1CCc2ccccc2C1)c1cccc(Cl)c1. The van der Waals surface area contributed by atoms with Crippen molar-refractivity contribution in [3.05, 3.63) is 70.2 Å². The van der Waals surface area contributed by atoms with E-state index < -0.39 is 6.10 Å². The van der Waals surface area contributed by atoms with Crippen LogP contribution in [0.4, 0.5) is 0 Å². The van der Waals surface area contributed by atoms with Crippen LogP contribution in [0.1, 0.15) is 29.2 Å². The van der Waals surface area contributed by atoms with Crippen LogP contribution < -0.4 is 5.32 Å². The maximum Gasteiger partial charge on any atom is 0.0914 e. The highest BCUT2D eigenvalue weighted by Crippen LogP contribution is 2.22. The van der Waals surface area contributed by atoms with Crippen LogP contribution in [0.5, 0.6) is 0 Å². The van der Waals surface area contributed by atoms with E-state index in [0.29, 0.717) is 17.6 Å². The fraction of sp³-hybridized carbons (Fsp3) is 0.333. The second-order valence-electron chi connectivity index (χ2n) is 5.69. The fourth-order valence-corrected chi connectivity index (χ4v) is 3.18. The molecule has 1 unspecified atom stereocenters. The van der Waals surface area contributed by atoms with Gasteiger partial charge in [-0.2, -0.15) is 0 Å². The van der Waals surface area contributed by atoms with Crippen molar-refractivity contribution < 1.29 is 5.11 Å². The number of aliphatic hydroxyl groups excluding tert-OH is 1. The van der Waals surface area contributed by atoms with E-state index in [1.165, 1.54) is 11.1 Å². The van der Waals surface area contributed by atoms with Gasteiger partial charge in [0.1, 0.15) is 0 Å². The van der Waals surface area contributed by atoms with Gasteiger partial charge in [0, 0.05) is 17.6 Å². The molecule has 0 bridgehead atoms. The molecule has 2 atom stereocenters. The molecule has 0 saturated heterocycles. The Morgan fingerprint density at radius 3 is 2.76 bits per heavy atom. The quantitative estimate of drug-likeness (QED) is 0.905. The molecule has 2 aromatic carbocycles. The lowest BCUT2D eigenvalue weighted by molar-refractivity contribution is 0.168. The largest absolute Gasteiger partial charge is 0.387 e. The molecule has 21 heavy (non-hydrogen) atoms. The van der Waals surface area contributed by atoms with Gasteiger partial charge in [-0.05, 0) is 48.1 Å². The van der Waals surface area contributed by atoms with E-state index in [1.807, 2.05) is 24.3 Å². The minimum absolute atomic E-state index is 0.439. The molecule has 2 N–H and O–H groups in total. The molecule has 0 amide bonds. The molecule has 0 aliphatic heterocycles. The second-order valence-corrected chi connectivity index (χ2v) is 6.12. The maximum atomic E-state index is 10.2. The molecule has 0 aromatic heterocycles. The Kier molecular flexibility index (Phi) is 4.59. The number of hydrogen-bond acceptors (Lipinski definition) is 2. The van der Waals surface area contributed by atoms with Crippen LogP contribution in [-0.2, 0) is 12.8 Å². The van der Waals surface area contributed by atoms with Crippen molar-refractivity contribution in [1.29, 1.82) is 0 Å². The summed E-state index contributed by atoms with van der Waals surface area (Å²) < 4.78 is 0. The zero-order valence-electron chi connectivity index (χ0n) is 11.9. The summed E-state index contributed by atoms with van der Waals surface area (Å²) >= 11 is 5.96. The molecule has 110 valence electrons. The van der Waals surface area contributed by atoms with Crippen molar-refractivity contribution in [2.24, 2.45) is 0 Å². The summed E-state index contributed by atoms with van der Waals surface area (Å²) in [6, 6.07) is 16.5. The zero-order valence-corrected chi connectivity index (χ0v) is 12.7. The van der Waals surface area contributed by atoms with Crippen LogP contribution in [0.2, 0.25) is 5.02 Å². The monoisotopic (exact) mass is 301 g/mol. The van der Waals surface area contributed by atoms with Crippen LogP contribution in [0, 0.1) is 0 Å². The van der Waals surface area contributed by atoms with Gasteiger partial charge in [-0.25, -0.2) is 0 Å². The Morgan fingerprint density at radius 2 is 1.95 bits per heavy atom. The number of rotatable bonds is 4. The Hall–Kier alpha value is -1.35. The highest BCUT2D eigenvalue weighted by Gasteiger charge is 2.19. The lowest BCUT2D eigenvalue weighted by Crippen LogP contribution is -2.37. The van der Waals surface area contributed by atoms with Crippen LogP contribution >= 0.6 is 11.6 Å². The highest BCUT2D eigenvalue weighted by atomic mass is 35.5. The minimum atomic E-state index is -0.513. The number of hydrogen-bond donors (Lipinski definition) is 2. The smallest absolute Gasteiger partial charge is 0.0914 e. The first kappa shape index (κ1) is 14.6. The highest BCUT2D eigenvalue weighted by molar-refractivity contribution is 6.30. The summed E-state index contributed by atoms with van der Waals surface area (Å²) in [4.78, 5) is 0. The average molecular weight is 302 g/mol. The van der Waals surface area contributed by atoms with Crippen molar-refractivity contribution >= 4 is 11.6 Å². The topological polar surface area (TPSA) is 32.3 Å². The fourth-order valence-electron chi connectivity index (χ4n) is 2.98. The molecule has 3 heteroatoms. The molecular formula is C18H20ClNO. The summed E-state index contributed by atoms with van der Waals surface area (Å²) in [6.07, 6.45) is 2.76. The Morgan fingerprint density at radius 1 is 1.14 bits per heavy atom. The van der Waals surface area contributed by atoms with Crippen LogP contribution in [-0.4, -0.2) is 17.7 Å². The number of fused-ring (bicyclic) bond motifs is 1. The van der Waals surface area contributed by atoms with Gasteiger partial charge in [0.2, 0.25) is 0 Å². The van der Waals surface area contributed by atoms with E-state index in [9.17, 15) is 5.11 Å². The third-order valence-electron chi connectivity index (χ3n) is 4.18.